The summed E-state index contributed by atoms with van der Waals surface area (Å²) >= 11 is 0. The van der Waals surface area contributed by atoms with Crippen molar-refractivity contribution in [1.29, 1.82) is 0 Å². The van der Waals surface area contributed by atoms with Crippen LogP contribution in [0.4, 0.5) is 17.3 Å². The Kier molecular flexibility index (Phi) is 8.85. The molecule has 1 atom stereocenters. The Hall–Kier alpha value is -4.77. The van der Waals surface area contributed by atoms with Crippen LogP contribution in [-0.2, 0) is 9.53 Å². The molecule has 5 rings (SSSR count). The molecule has 2 heterocycles. The lowest BCUT2D eigenvalue weighted by Crippen LogP contribution is -2.35. The van der Waals surface area contributed by atoms with E-state index in [0.717, 1.165) is 36.8 Å². The van der Waals surface area contributed by atoms with Gasteiger partial charge in [-0.3, -0.25) is 19.9 Å². The Morgan fingerprint density at radius 3 is 2.51 bits per heavy atom. The molecule has 1 amide bonds. The Morgan fingerprint density at radius 1 is 1.02 bits per heavy atom. The van der Waals surface area contributed by atoms with Crippen molar-refractivity contribution in [3.8, 4) is 11.5 Å². The molecule has 1 saturated carbocycles. The molecule has 0 unspecified atom stereocenters. The summed E-state index contributed by atoms with van der Waals surface area (Å²) in [6.07, 6.45) is 9.08. The van der Waals surface area contributed by atoms with Crippen LogP contribution >= 0.6 is 0 Å². The van der Waals surface area contributed by atoms with Gasteiger partial charge in [0.15, 0.2) is 11.5 Å². The molecule has 212 valence electrons. The van der Waals surface area contributed by atoms with Crippen LogP contribution in [0.3, 0.4) is 0 Å². The first kappa shape index (κ1) is 27.8. The number of fused-ring (bicyclic) bond motifs is 1. The van der Waals surface area contributed by atoms with E-state index in [-0.39, 0.29) is 30.5 Å². The molecule has 11 heteroatoms. The number of rotatable bonds is 11. The summed E-state index contributed by atoms with van der Waals surface area (Å²) < 4.78 is 17.0. The Morgan fingerprint density at radius 2 is 1.78 bits per heavy atom. The van der Waals surface area contributed by atoms with E-state index in [2.05, 4.69) is 25.6 Å². The number of pyridine rings is 1. The number of nitrogens with one attached hydrogen (secondary N) is 2. The van der Waals surface area contributed by atoms with Crippen molar-refractivity contribution in [3.63, 3.8) is 0 Å². The third-order valence-electron chi connectivity index (χ3n) is 6.79. The first-order valence-electron chi connectivity index (χ1n) is 13.5. The number of carbonyl (C=O) groups excluding carboxylic acids is 2. The standard InChI is InChI=1S/C30H32N6O5/c1-39-26-15-22-24(35-20-17-33-30(34-18-20)36-28(37)19-7-3-2-4-8-19)11-13-32-25(22)16-27(26)40-14-12-23(31)29(38)41-21-9-5-6-10-21/h2-4,7-8,11,13,15-18,21,23H,5-6,9-10,12,14,31H2,1H3,(H,32,35)(H,33,34,36,37)/t23-/m0/s1. The number of esters is 1. The highest BCUT2D eigenvalue weighted by Gasteiger charge is 2.23. The van der Waals surface area contributed by atoms with Crippen LogP contribution in [0.25, 0.3) is 10.9 Å². The van der Waals surface area contributed by atoms with E-state index in [0.29, 0.717) is 34.7 Å². The number of anilines is 3. The third kappa shape index (κ3) is 7.06. The van der Waals surface area contributed by atoms with Gasteiger partial charge in [-0.05, 0) is 49.9 Å². The topological polar surface area (TPSA) is 151 Å². The van der Waals surface area contributed by atoms with Gasteiger partial charge >= 0.3 is 5.97 Å². The SMILES string of the molecule is COc1cc2c(Nc3cnc(NC(=O)c4ccccc4)nc3)ccnc2cc1OCC[C@H](N)C(=O)OC1CCCC1. The molecule has 0 spiro atoms. The minimum Gasteiger partial charge on any atom is -0.493 e. The zero-order valence-electron chi connectivity index (χ0n) is 22.7. The van der Waals surface area contributed by atoms with E-state index in [9.17, 15) is 9.59 Å². The Bertz CT molecular complexity index is 1490. The zero-order valence-corrected chi connectivity index (χ0v) is 22.7. The molecular weight excluding hydrogens is 524 g/mol. The molecule has 4 N–H and O–H groups in total. The summed E-state index contributed by atoms with van der Waals surface area (Å²) in [7, 11) is 1.55. The lowest BCUT2D eigenvalue weighted by atomic mass is 10.1. The number of aromatic nitrogens is 3. The number of hydrogen-bond acceptors (Lipinski definition) is 10. The van der Waals surface area contributed by atoms with Crippen LogP contribution in [0, 0.1) is 0 Å². The quantitative estimate of drug-likeness (QED) is 0.223. The van der Waals surface area contributed by atoms with Crippen molar-refractivity contribution in [2.24, 2.45) is 5.73 Å². The molecule has 2 aromatic heterocycles. The molecule has 2 aromatic carbocycles. The third-order valence-corrected chi connectivity index (χ3v) is 6.79. The lowest BCUT2D eigenvalue weighted by molar-refractivity contribution is -0.150. The highest BCUT2D eigenvalue weighted by molar-refractivity contribution is 6.03. The molecule has 0 radical (unpaired) electrons. The lowest BCUT2D eigenvalue weighted by Gasteiger charge is -2.17. The number of nitrogens with two attached hydrogens (primary N) is 1. The summed E-state index contributed by atoms with van der Waals surface area (Å²) in [6.45, 7) is 0.214. The van der Waals surface area contributed by atoms with Gasteiger partial charge in [-0.15, -0.1) is 0 Å². The monoisotopic (exact) mass is 556 g/mol. The molecule has 0 saturated heterocycles. The van der Waals surface area contributed by atoms with Crippen molar-refractivity contribution < 1.29 is 23.8 Å². The molecule has 0 bridgehead atoms. The second-order valence-corrected chi connectivity index (χ2v) is 9.71. The van der Waals surface area contributed by atoms with Crippen molar-refractivity contribution in [1.82, 2.24) is 15.0 Å². The second kappa shape index (κ2) is 13.1. The minimum absolute atomic E-state index is 0.0195. The van der Waals surface area contributed by atoms with Crippen LogP contribution in [-0.4, -0.2) is 52.7 Å². The van der Waals surface area contributed by atoms with Crippen molar-refractivity contribution >= 4 is 40.1 Å². The molecule has 41 heavy (non-hydrogen) atoms. The normalized spacial score (nSPS) is 13.9. The van der Waals surface area contributed by atoms with Gasteiger partial charge in [0.2, 0.25) is 5.95 Å². The van der Waals surface area contributed by atoms with Gasteiger partial charge < -0.3 is 25.3 Å². The zero-order chi connectivity index (χ0) is 28.6. The van der Waals surface area contributed by atoms with E-state index < -0.39 is 6.04 Å². The maximum absolute atomic E-state index is 12.4. The number of amides is 1. The number of ether oxygens (including phenoxy) is 3. The molecule has 4 aromatic rings. The van der Waals surface area contributed by atoms with Crippen molar-refractivity contribution in [2.45, 2.75) is 44.2 Å². The number of carbonyl (C=O) groups is 2. The summed E-state index contributed by atoms with van der Waals surface area (Å²) in [5.74, 6) is 0.509. The van der Waals surface area contributed by atoms with Gasteiger partial charge in [0.1, 0.15) is 12.1 Å². The fourth-order valence-corrected chi connectivity index (χ4v) is 4.58. The molecule has 1 aliphatic rings. The van der Waals surface area contributed by atoms with Gasteiger partial charge in [0, 0.05) is 35.3 Å². The fourth-order valence-electron chi connectivity index (χ4n) is 4.58. The summed E-state index contributed by atoms with van der Waals surface area (Å²) in [4.78, 5) is 37.6. The highest BCUT2D eigenvalue weighted by atomic mass is 16.5. The van der Waals surface area contributed by atoms with Crippen LogP contribution in [0.2, 0.25) is 0 Å². The first-order valence-corrected chi connectivity index (χ1v) is 13.5. The summed E-state index contributed by atoms with van der Waals surface area (Å²) in [5.41, 5.74) is 8.59. The van der Waals surface area contributed by atoms with Gasteiger partial charge in [-0.1, -0.05) is 18.2 Å². The molecule has 11 nitrogen and oxygen atoms in total. The fraction of sp³-hybridized carbons (Fsp3) is 0.300. The van der Waals surface area contributed by atoms with Gasteiger partial charge in [0.25, 0.3) is 5.91 Å². The average molecular weight is 557 g/mol. The Balaban J connectivity index is 1.22. The molecular formula is C30H32N6O5. The maximum Gasteiger partial charge on any atom is 0.323 e. The van der Waals surface area contributed by atoms with Crippen LogP contribution in [0.5, 0.6) is 11.5 Å². The predicted octanol–water partition coefficient (Wildman–Crippen LogP) is 4.61. The maximum atomic E-state index is 12.4. The summed E-state index contributed by atoms with van der Waals surface area (Å²) in [5, 5.41) is 6.76. The molecule has 0 aliphatic heterocycles. The molecule has 1 fully saturated rings. The van der Waals surface area contributed by atoms with Gasteiger partial charge in [-0.25, -0.2) is 9.97 Å². The van der Waals surface area contributed by atoms with E-state index in [1.165, 1.54) is 0 Å². The largest absolute Gasteiger partial charge is 0.493 e. The first-order chi connectivity index (χ1) is 20.0. The average Bonchev–Trinajstić information content (AvgIpc) is 3.51. The second-order valence-electron chi connectivity index (χ2n) is 9.71. The van der Waals surface area contributed by atoms with E-state index in [1.54, 1.807) is 56.0 Å². The smallest absolute Gasteiger partial charge is 0.323 e. The number of methoxy groups -OCH3 is 1. The highest BCUT2D eigenvalue weighted by Crippen LogP contribution is 2.35. The van der Waals surface area contributed by atoms with E-state index in [1.807, 2.05) is 18.2 Å². The van der Waals surface area contributed by atoms with E-state index in [4.69, 9.17) is 19.9 Å². The van der Waals surface area contributed by atoms with Crippen LogP contribution in [0.1, 0.15) is 42.5 Å². The Labute approximate surface area is 237 Å². The van der Waals surface area contributed by atoms with Gasteiger partial charge in [0.05, 0.1) is 37.3 Å². The number of nitrogens with zero attached hydrogens (tertiary/aromatic N) is 3. The summed E-state index contributed by atoms with van der Waals surface area (Å²) in [6, 6.07) is 13.5. The van der Waals surface area contributed by atoms with Crippen molar-refractivity contribution in [2.75, 3.05) is 24.4 Å². The predicted molar refractivity (Wildman–Crippen MR) is 154 cm³/mol. The number of hydrogen-bond donors (Lipinski definition) is 3. The van der Waals surface area contributed by atoms with E-state index >= 15 is 0 Å². The van der Waals surface area contributed by atoms with Crippen molar-refractivity contribution in [3.05, 3.63) is 72.7 Å². The van der Waals surface area contributed by atoms with Gasteiger partial charge in [-0.2, -0.15) is 0 Å². The number of benzene rings is 2. The van der Waals surface area contributed by atoms with Crippen LogP contribution in [0.15, 0.2) is 67.1 Å². The molecule has 1 aliphatic carbocycles. The van der Waals surface area contributed by atoms with Crippen LogP contribution < -0.4 is 25.8 Å². The minimum atomic E-state index is -0.753.